The molecule has 1 aromatic heterocycles. The number of benzene rings is 1. The van der Waals surface area contributed by atoms with Crippen LogP contribution in [-0.2, 0) is 6.54 Å². The molecule has 2 rings (SSSR count). The molecule has 6 nitrogen and oxygen atoms in total. The van der Waals surface area contributed by atoms with Gasteiger partial charge in [0, 0.05) is 6.61 Å². The van der Waals surface area contributed by atoms with Crippen molar-refractivity contribution in [3.63, 3.8) is 0 Å². The highest BCUT2D eigenvalue weighted by atomic mass is 16.3. The first kappa shape index (κ1) is 15.1. The Morgan fingerprint density at radius 1 is 1.38 bits per heavy atom. The predicted octanol–water partition coefficient (Wildman–Crippen LogP) is 1.91. The van der Waals surface area contributed by atoms with Crippen LogP contribution < -0.4 is 10.6 Å². The first-order valence-corrected chi connectivity index (χ1v) is 6.80. The van der Waals surface area contributed by atoms with E-state index in [1.807, 2.05) is 30.3 Å². The molecule has 1 atom stereocenters. The maximum absolute atomic E-state index is 11.9. The number of nitrogens with zero attached hydrogens (tertiary/aromatic N) is 1. The molecule has 0 bridgehead atoms. The summed E-state index contributed by atoms with van der Waals surface area (Å²) in [5, 5.41) is 14.7. The number of aromatic nitrogens is 1. The van der Waals surface area contributed by atoms with Gasteiger partial charge in [0.1, 0.15) is 11.5 Å². The highest BCUT2D eigenvalue weighted by Crippen LogP contribution is 2.15. The monoisotopic (exact) mass is 289 g/mol. The van der Waals surface area contributed by atoms with Crippen molar-refractivity contribution >= 4 is 6.03 Å². The molecule has 0 saturated carbocycles. The van der Waals surface area contributed by atoms with Crippen LogP contribution in [0.25, 0.3) is 0 Å². The number of nitrogens with one attached hydrogen (secondary N) is 2. The van der Waals surface area contributed by atoms with E-state index in [-0.39, 0.29) is 18.7 Å². The van der Waals surface area contributed by atoms with Gasteiger partial charge in [0.15, 0.2) is 6.39 Å². The standard InChI is InChI=1S/C15H19N3O3/c1-11-14(17-10-21-11)9-16-15(20)18-13(7-8-19)12-5-3-2-4-6-12/h2-6,10,13,19H,7-9H2,1H3,(H2,16,18,20)/t13-/m1/s1. The van der Waals surface area contributed by atoms with Crippen LogP contribution in [0.2, 0.25) is 0 Å². The van der Waals surface area contributed by atoms with E-state index in [1.54, 1.807) is 6.92 Å². The third kappa shape index (κ3) is 4.32. The molecular weight excluding hydrogens is 270 g/mol. The lowest BCUT2D eigenvalue weighted by atomic mass is 10.0. The smallest absolute Gasteiger partial charge is 0.315 e. The molecule has 0 radical (unpaired) electrons. The summed E-state index contributed by atoms with van der Waals surface area (Å²) in [4.78, 5) is 16.0. The summed E-state index contributed by atoms with van der Waals surface area (Å²) >= 11 is 0. The van der Waals surface area contributed by atoms with Crippen molar-refractivity contribution in [2.75, 3.05) is 6.61 Å². The maximum atomic E-state index is 11.9. The number of oxazole rings is 1. The summed E-state index contributed by atoms with van der Waals surface area (Å²) in [5.41, 5.74) is 1.66. The fourth-order valence-corrected chi connectivity index (χ4v) is 2.01. The zero-order valence-corrected chi connectivity index (χ0v) is 11.9. The Kier molecular flexibility index (Phi) is 5.34. The lowest BCUT2D eigenvalue weighted by Crippen LogP contribution is -2.38. The molecule has 112 valence electrons. The van der Waals surface area contributed by atoms with E-state index >= 15 is 0 Å². The molecule has 0 fully saturated rings. The molecule has 6 heteroatoms. The van der Waals surface area contributed by atoms with Crippen molar-refractivity contribution in [1.82, 2.24) is 15.6 Å². The van der Waals surface area contributed by atoms with Crippen molar-refractivity contribution in [3.05, 3.63) is 53.7 Å². The zero-order chi connectivity index (χ0) is 15.1. The van der Waals surface area contributed by atoms with Crippen molar-refractivity contribution in [1.29, 1.82) is 0 Å². The summed E-state index contributed by atoms with van der Waals surface area (Å²) < 4.78 is 5.07. The van der Waals surface area contributed by atoms with E-state index in [1.165, 1.54) is 6.39 Å². The fraction of sp³-hybridized carbons (Fsp3) is 0.333. The van der Waals surface area contributed by atoms with Gasteiger partial charge in [-0.25, -0.2) is 9.78 Å². The van der Waals surface area contributed by atoms with Gasteiger partial charge in [0.2, 0.25) is 0 Å². The number of carbonyl (C=O) groups is 1. The SMILES string of the molecule is Cc1ocnc1CNC(=O)N[C@H](CCO)c1ccccc1. The third-order valence-electron chi connectivity index (χ3n) is 3.19. The first-order chi connectivity index (χ1) is 10.2. The minimum atomic E-state index is -0.306. The Morgan fingerprint density at radius 3 is 2.76 bits per heavy atom. The van der Waals surface area contributed by atoms with Crippen LogP contribution in [0, 0.1) is 6.92 Å². The van der Waals surface area contributed by atoms with Crippen molar-refractivity contribution in [2.45, 2.75) is 25.9 Å². The molecule has 0 spiro atoms. The van der Waals surface area contributed by atoms with Crippen LogP contribution >= 0.6 is 0 Å². The molecule has 0 aliphatic rings. The minimum Gasteiger partial charge on any atom is -0.448 e. The summed E-state index contributed by atoms with van der Waals surface area (Å²) in [5.74, 6) is 0.685. The van der Waals surface area contributed by atoms with E-state index in [0.717, 1.165) is 5.56 Å². The van der Waals surface area contributed by atoms with Crippen LogP contribution in [0.4, 0.5) is 4.79 Å². The second-order valence-corrected chi connectivity index (χ2v) is 4.66. The molecule has 21 heavy (non-hydrogen) atoms. The molecule has 0 aliphatic carbocycles. The van der Waals surface area contributed by atoms with Gasteiger partial charge >= 0.3 is 6.03 Å². The van der Waals surface area contributed by atoms with Crippen LogP contribution in [0.3, 0.4) is 0 Å². The highest BCUT2D eigenvalue weighted by Gasteiger charge is 2.14. The fourth-order valence-electron chi connectivity index (χ4n) is 2.01. The Morgan fingerprint density at radius 2 is 2.14 bits per heavy atom. The van der Waals surface area contributed by atoms with Gasteiger partial charge in [-0.2, -0.15) is 0 Å². The summed E-state index contributed by atoms with van der Waals surface area (Å²) in [6.07, 6.45) is 1.81. The number of urea groups is 1. The number of aliphatic hydroxyl groups is 1. The Bertz CT molecular complexity index is 569. The van der Waals surface area contributed by atoms with E-state index in [2.05, 4.69) is 15.6 Å². The number of aliphatic hydroxyl groups excluding tert-OH is 1. The second-order valence-electron chi connectivity index (χ2n) is 4.66. The molecule has 3 N–H and O–H groups in total. The maximum Gasteiger partial charge on any atom is 0.315 e. The number of carbonyl (C=O) groups excluding carboxylic acids is 1. The number of amides is 2. The van der Waals surface area contributed by atoms with Gasteiger partial charge in [-0.1, -0.05) is 30.3 Å². The topological polar surface area (TPSA) is 87.4 Å². The zero-order valence-electron chi connectivity index (χ0n) is 11.9. The van der Waals surface area contributed by atoms with Crippen molar-refractivity contribution < 1.29 is 14.3 Å². The summed E-state index contributed by atoms with van der Waals surface area (Å²) in [7, 11) is 0. The van der Waals surface area contributed by atoms with Gasteiger partial charge < -0.3 is 20.2 Å². The number of aryl methyl sites for hydroxylation is 1. The third-order valence-corrected chi connectivity index (χ3v) is 3.19. The molecule has 0 unspecified atom stereocenters. The van der Waals surface area contributed by atoms with E-state index < -0.39 is 0 Å². The van der Waals surface area contributed by atoms with Crippen molar-refractivity contribution in [3.8, 4) is 0 Å². The number of hydrogen-bond donors (Lipinski definition) is 3. The van der Waals surface area contributed by atoms with E-state index in [4.69, 9.17) is 9.52 Å². The van der Waals surface area contributed by atoms with E-state index in [9.17, 15) is 4.79 Å². The second kappa shape index (κ2) is 7.44. The summed E-state index contributed by atoms with van der Waals surface area (Å²) in [6, 6.07) is 9.02. The number of hydrogen-bond acceptors (Lipinski definition) is 4. The average molecular weight is 289 g/mol. The highest BCUT2D eigenvalue weighted by molar-refractivity contribution is 5.74. The largest absolute Gasteiger partial charge is 0.448 e. The quantitative estimate of drug-likeness (QED) is 0.758. The minimum absolute atomic E-state index is 0.00222. The van der Waals surface area contributed by atoms with Gasteiger partial charge in [0.05, 0.1) is 12.6 Å². The first-order valence-electron chi connectivity index (χ1n) is 6.80. The normalized spacial score (nSPS) is 11.9. The molecule has 0 aliphatic heterocycles. The lowest BCUT2D eigenvalue weighted by Gasteiger charge is -2.18. The molecule has 1 aromatic carbocycles. The van der Waals surface area contributed by atoms with Crippen LogP contribution in [-0.4, -0.2) is 22.7 Å². The Balaban J connectivity index is 1.91. The molecular formula is C15H19N3O3. The van der Waals surface area contributed by atoms with E-state index in [0.29, 0.717) is 24.4 Å². The molecule has 1 heterocycles. The summed E-state index contributed by atoms with van der Waals surface area (Å²) in [6.45, 7) is 2.09. The Hall–Kier alpha value is -2.34. The van der Waals surface area contributed by atoms with Crippen LogP contribution in [0.15, 0.2) is 41.1 Å². The number of rotatable bonds is 6. The van der Waals surface area contributed by atoms with Gasteiger partial charge in [-0.05, 0) is 18.9 Å². The molecule has 0 saturated heterocycles. The predicted molar refractivity (Wildman–Crippen MR) is 77.5 cm³/mol. The lowest BCUT2D eigenvalue weighted by molar-refractivity contribution is 0.228. The Labute approximate surface area is 123 Å². The van der Waals surface area contributed by atoms with Crippen LogP contribution in [0.5, 0.6) is 0 Å². The van der Waals surface area contributed by atoms with Crippen molar-refractivity contribution in [2.24, 2.45) is 0 Å². The molecule has 2 amide bonds. The molecule has 2 aromatic rings. The van der Waals surface area contributed by atoms with Gasteiger partial charge in [-0.3, -0.25) is 0 Å². The van der Waals surface area contributed by atoms with Crippen LogP contribution in [0.1, 0.15) is 29.5 Å². The van der Waals surface area contributed by atoms with Gasteiger partial charge in [0.25, 0.3) is 0 Å². The van der Waals surface area contributed by atoms with Gasteiger partial charge in [-0.15, -0.1) is 0 Å². The average Bonchev–Trinajstić information content (AvgIpc) is 2.91.